The second kappa shape index (κ2) is 8.76. The van der Waals surface area contributed by atoms with Crippen molar-refractivity contribution in [3.63, 3.8) is 0 Å². The summed E-state index contributed by atoms with van der Waals surface area (Å²) in [6, 6.07) is 13.2. The summed E-state index contributed by atoms with van der Waals surface area (Å²) >= 11 is 0. The molecule has 0 bridgehead atoms. The molecule has 27 heavy (non-hydrogen) atoms. The summed E-state index contributed by atoms with van der Waals surface area (Å²) in [5, 5.41) is 9.54. The summed E-state index contributed by atoms with van der Waals surface area (Å²) in [4.78, 5) is 8.81. The number of allylic oxidation sites excluding steroid dienone is 4. The Hall–Kier alpha value is -3.47. The van der Waals surface area contributed by atoms with Gasteiger partial charge in [-0.1, -0.05) is 30.4 Å². The van der Waals surface area contributed by atoms with Gasteiger partial charge < -0.3 is 10.8 Å². The van der Waals surface area contributed by atoms with Crippen LogP contribution in [0.15, 0.2) is 94.1 Å². The van der Waals surface area contributed by atoms with Crippen molar-refractivity contribution in [2.45, 2.75) is 6.54 Å². The Kier molecular flexibility index (Phi) is 5.94. The highest BCUT2D eigenvalue weighted by Gasteiger charge is 2.07. The van der Waals surface area contributed by atoms with Crippen LogP contribution in [0, 0.1) is 5.82 Å². The number of aliphatic imine (C=N–C) groups is 2. The van der Waals surface area contributed by atoms with Crippen molar-refractivity contribution in [3.8, 4) is 5.75 Å². The molecule has 0 aliphatic carbocycles. The normalized spacial score (nSPS) is 14.8. The molecule has 0 radical (unpaired) electrons. The minimum Gasteiger partial charge on any atom is -0.508 e. The van der Waals surface area contributed by atoms with Crippen molar-refractivity contribution in [2.75, 3.05) is 6.54 Å². The third-order valence-electron chi connectivity index (χ3n) is 4.07. The zero-order valence-corrected chi connectivity index (χ0v) is 14.7. The number of phenolic OH excluding ortho intramolecular Hbond substituents is 1. The van der Waals surface area contributed by atoms with Crippen molar-refractivity contribution in [2.24, 2.45) is 15.7 Å². The lowest BCUT2D eigenvalue weighted by Gasteiger charge is -2.08. The zero-order valence-electron chi connectivity index (χ0n) is 14.7. The van der Waals surface area contributed by atoms with Crippen LogP contribution >= 0.6 is 0 Å². The first kappa shape index (κ1) is 18.3. The van der Waals surface area contributed by atoms with Crippen LogP contribution in [0.1, 0.15) is 11.1 Å². The van der Waals surface area contributed by atoms with Gasteiger partial charge in [0, 0.05) is 23.0 Å². The van der Waals surface area contributed by atoms with Crippen molar-refractivity contribution in [3.05, 3.63) is 101 Å². The van der Waals surface area contributed by atoms with E-state index >= 15 is 0 Å². The lowest BCUT2D eigenvalue weighted by Crippen LogP contribution is -2.09. The number of aromatic hydroxyl groups is 1. The summed E-state index contributed by atoms with van der Waals surface area (Å²) in [6.45, 7) is 0.662. The standard InChI is InChI=1S/C22H20FN3O/c23-20-7-2-1-5-17(20)15-26-22(16-8-10-19(27)11-9-16)13-21(24)18-6-3-4-12-25-14-18/h1-13,27H,14-15,24H2. The summed E-state index contributed by atoms with van der Waals surface area (Å²) in [5.41, 5.74) is 9.56. The molecular formula is C22H20FN3O. The van der Waals surface area contributed by atoms with Crippen LogP contribution in [0.2, 0.25) is 0 Å². The molecule has 2 aromatic carbocycles. The number of hydrogen-bond donors (Lipinski definition) is 2. The number of nitrogens with zero attached hydrogens (tertiary/aromatic N) is 2. The average Bonchev–Trinajstić information content (AvgIpc) is 2.96. The molecule has 2 aromatic rings. The molecule has 0 amide bonds. The van der Waals surface area contributed by atoms with Crippen LogP contribution in [0.5, 0.6) is 5.75 Å². The average molecular weight is 361 g/mol. The second-order valence-corrected chi connectivity index (χ2v) is 6.01. The van der Waals surface area contributed by atoms with Crippen molar-refractivity contribution in [1.82, 2.24) is 0 Å². The molecule has 0 unspecified atom stereocenters. The van der Waals surface area contributed by atoms with Gasteiger partial charge in [0.2, 0.25) is 0 Å². The summed E-state index contributed by atoms with van der Waals surface area (Å²) < 4.78 is 13.9. The van der Waals surface area contributed by atoms with E-state index in [1.807, 2.05) is 18.2 Å². The molecule has 0 saturated heterocycles. The Labute approximate surface area is 157 Å². The second-order valence-electron chi connectivity index (χ2n) is 6.01. The lowest BCUT2D eigenvalue weighted by molar-refractivity contribution is 0.475. The SMILES string of the molecule is NC(=CC(=NCc1ccccc1F)c1ccc(O)cc1)C1=CC=CC=NC1. The molecule has 1 aliphatic heterocycles. The highest BCUT2D eigenvalue weighted by atomic mass is 19.1. The van der Waals surface area contributed by atoms with Crippen LogP contribution in [0.3, 0.4) is 0 Å². The summed E-state index contributed by atoms with van der Waals surface area (Å²) in [5.74, 6) is -0.135. The van der Waals surface area contributed by atoms with E-state index in [4.69, 9.17) is 5.73 Å². The molecule has 1 heterocycles. The number of benzene rings is 2. The van der Waals surface area contributed by atoms with Crippen LogP contribution in [0.4, 0.5) is 4.39 Å². The third kappa shape index (κ3) is 5.01. The van der Waals surface area contributed by atoms with E-state index in [2.05, 4.69) is 9.98 Å². The summed E-state index contributed by atoms with van der Waals surface area (Å²) in [6.07, 6.45) is 9.11. The van der Waals surface area contributed by atoms with Gasteiger partial charge in [0.15, 0.2) is 0 Å². The van der Waals surface area contributed by atoms with Crippen molar-refractivity contribution in [1.29, 1.82) is 0 Å². The van der Waals surface area contributed by atoms with Gasteiger partial charge in [-0.25, -0.2) is 4.39 Å². The molecular weight excluding hydrogens is 341 g/mol. The quantitative estimate of drug-likeness (QED) is 0.792. The molecule has 0 spiro atoms. The van der Waals surface area contributed by atoms with Gasteiger partial charge in [-0.05, 0) is 48.1 Å². The van der Waals surface area contributed by atoms with Crippen LogP contribution in [0.25, 0.3) is 0 Å². The Balaban J connectivity index is 1.95. The van der Waals surface area contributed by atoms with E-state index in [0.717, 1.165) is 11.1 Å². The fraction of sp³-hybridized carbons (Fsp3) is 0.0909. The van der Waals surface area contributed by atoms with Gasteiger partial charge in [0.25, 0.3) is 0 Å². The monoisotopic (exact) mass is 361 g/mol. The molecule has 3 N–H and O–H groups in total. The zero-order chi connectivity index (χ0) is 19.1. The van der Waals surface area contributed by atoms with E-state index in [1.54, 1.807) is 54.8 Å². The molecule has 1 aliphatic rings. The molecule has 136 valence electrons. The maximum Gasteiger partial charge on any atom is 0.128 e. The van der Waals surface area contributed by atoms with Gasteiger partial charge in [-0.2, -0.15) is 0 Å². The number of phenols is 1. The van der Waals surface area contributed by atoms with Gasteiger partial charge in [-0.3, -0.25) is 9.98 Å². The Morgan fingerprint density at radius 2 is 1.93 bits per heavy atom. The first-order chi connectivity index (χ1) is 13.1. The van der Waals surface area contributed by atoms with Crippen LogP contribution in [-0.4, -0.2) is 23.6 Å². The van der Waals surface area contributed by atoms with Crippen molar-refractivity contribution >= 4 is 11.9 Å². The van der Waals surface area contributed by atoms with E-state index in [-0.39, 0.29) is 18.1 Å². The molecule has 5 heteroatoms. The first-order valence-corrected chi connectivity index (χ1v) is 8.54. The fourth-order valence-electron chi connectivity index (χ4n) is 2.56. The highest BCUT2D eigenvalue weighted by molar-refractivity contribution is 6.09. The van der Waals surface area contributed by atoms with Gasteiger partial charge in [0.1, 0.15) is 11.6 Å². The predicted molar refractivity (Wildman–Crippen MR) is 108 cm³/mol. The predicted octanol–water partition coefficient (Wildman–Crippen LogP) is 3.93. The Morgan fingerprint density at radius 3 is 2.70 bits per heavy atom. The molecule has 0 atom stereocenters. The first-order valence-electron chi connectivity index (χ1n) is 8.54. The Bertz CT molecular complexity index is 954. The fourth-order valence-corrected chi connectivity index (χ4v) is 2.56. The van der Waals surface area contributed by atoms with E-state index in [0.29, 0.717) is 23.5 Å². The van der Waals surface area contributed by atoms with Crippen molar-refractivity contribution < 1.29 is 9.50 Å². The smallest absolute Gasteiger partial charge is 0.128 e. The molecule has 0 fully saturated rings. The van der Waals surface area contributed by atoms with Gasteiger partial charge in [-0.15, -0.1) is 0 Å². The molecule has 3 rings (SSSR count). The topological polar surface area (TPSA) is 71.0 Å². The highest BCUT2D eigenvalue weighted by Crippen LogP contribution is 2.16. The largest absolute Gasteiger partial charge is 0.508 e. The molecule has 4 nitrogen and oxygen atoms in total. The number of nitrogens with two attached hydrogens (primary N) is 1. The van der Waals surface area contributed by atoms with E-state index in [9.17, 15) is 9.50 Å². The third-order valence-corrected chi connectivity index (χ3v) is 4.07. The van der Waals surface area contributed by atoms with Crippen LogP contribution in [-0.2, 0) is 6.54 Å². The van der Waals surface area contributed by atoms with Gasteiger partial charge >= 0.3 is 0 Å². The van der Waals surface area contributed by atoms with E-state index < -0.39 is 0 Å². The number of halogens is 1. The number of hydrogen-bond acceptors (Lipinski definition) is 4. The maximum atomic E-state index is 13.9. The Morgan fingerprint density at radius 1 is 1.15 bits per heavy atom. The summed E-state index contributed by atoms with van der Waals surface area (Å²) in [7, 11) is 0. The minimum atomic E-state index is -0.297. The van der Waals surface area contributed by atoms with Crippen LogP contribution < -0.4 is 5.73 Å². The van der Waals surface area contributed by atoms with E-state index in [1.165, 1.54) is 6.07 Å². The molecule has 0 saturated carbocycles. The molecule has 0 aromatic heterocycles. The lowest BCUT2D eigenvalue weighted by atomic mass is 10.1. The maximum absolute atomic E-state index is 13.9. The minimum absolute atomic E-state index is 0.162. The number of rotatable bonds is 5. The van der Waals surface area contributed by atoms with Gasteiger partial charge in [0.05, 0.1) is 18.8 Å².